The van der Waals surface area contributed by atoms with Gasteiger partial charge in [0.25, 0.3) is 5.91 Å². The summed E-state index contributed by atoms with van der Waals surface area (Å²) in [6, 6.07) is 3.74. The first-order valence-electron chi connectivity index (χ1n) is 6.22. The molecule has 1 heterocycles. The van der Waals surface area contributed by atoms with E-state index in [1.807, 2.05) is 6.92 Å². The van der Waals surface area contributed by atoms with Crippen molar-refractivity contribution in [3.8, 4) is 5.75 Å². The fourth-order valence-corrected chi connectivity index (χ4v) is 1.90. The number of nitrogens with two attached hydrogens (primary N) is 1. The van der Waals surface area contributed by atoms with Gasteiger partial charge >= 0.3 is 0 Å². The highest BCUT2D eigenvalue weighted by atomic mass is 16.5. The lowest BCUT2D eigenvalue weighted by atomic mass is 10.1. The van der Waals surface area contributed by atoms with Gasteiger partial charge in [0.05, 0.1) is 17.1 Å². The first-order chi connectivity index (χ1) is 9.10. The van der Waals surface area contributed by atoms with Crippen LogP contribution in [0.1, 0.15) is 13.3 Å². The third kappa shape index (κ3) is 3.29. The predicted molar refractivity (Wildman–Crippen MR) is 74.6 cm³/mol. The number of ether oxygens (including phenoxy) is 2. The zero-order valence-corrected chi connectivity index (χ0v) is 11.2. The molecule has 0 bridgehead atoms. The molecule has 0 fully saturated rings. The van der Waals surface area contributed by atoms with E-state index in [1.54, 1.807) is 19.2 Å². The van der Waals surface area contributed by atoms with Crippen LogP contribution in [0.3, 0.4) is 0 Å². The summed E-state index contributed by atoms with van der Waals surface area (Å²) >= 11 is 0. The van der Waals surface area contributed by atoms with Gasteiger partial charge in [-0.25, -0.2) is 0 Å². The number of methoxy groups -OCH3 is 1. The second-order valence-corrected chi connectivity index (χ2v) is 4.60. The highest BCUT2D eigenvalue weighted by Crippen LogP contribution is 2.35. The van der Waals surface area contributed by atoms with Gasteiger partial charge in [-0.2, -0.15) is 0 Å². The second-order valence-electron chi connectivity index (χ2n) is 4.60. The molecule has 1 unspecified atom stereocenters. The van der Waals surface area contributed by atoms with Crippen LogP contribution in [0.5, 0.6) is 5.75 Å². The zero-order chi connectivity index (χ0) is 13.8. The van der Waals surface area contributed by atoms with Crippen LogP contribution in [-0.2, 0) is 9.53 Å². The van der Waals surface area contributed by atoms with E-state index in [4.69, 9.17) is 15.2 Å². The monoisotopic (exact) mass is 265 g/mol. The van der Waals surface area contributed by atoms with Crippen LogP contribution in [0.15, 0.2) is 12.1 Å². The number of anilines is 3. The largest absolute Gasteiger partial charge is 0.482 e. The molecule has 0 saturated heterocycles. The SMILES string of the molecule is COCCC(C)Nc1cc2c(cc1N)OCC(=O)N2. The minimum absolute atomic E-state index is 0.0312. The van der Waals surface area contributed by atoms with Gasteiger partial charge in [-0.3, -0.25) is 4.79 Å². The van der Waals surface area contributed by atoms with E-state index in [0.717, 1.165) is 12.1 Å². The maximum Gasteiger partial charge on any atom is 0.262 e. The van der Waals surface area contributed by atoms with Crippen LogP contribution < -0.4 is 21.1 Å². The fraction of sp³-hybridized carbons (Fsp3) is 0.462. The van der Waals surface area contributed by atoms with Crippen molar-refractivity contribution in [1.29, 1.82) is 0 Å². The number of carbonyl (C=O) groups excluding carboxylic acids is 1. The van der Waals surface area contributed by atoms with E-state index in [9.17, 15) is 4.79 Å². The highest BCUT2D eigenvalue weighted by Gasteiger charge is 2.18. The average Bonchev–Trinajstić information content (AvgIpc) is 2.38. The number of rotatable bonds is 5. The normalized spacial score (nSPS) is 15.2. The highest BCUT2D eigenvalue weighted by molar-refractivity contribution is 5.97. The van der Waals surface area contributed by atoms with Crippen molar-refractivity contribution in [2.75, 3.05) is 36.7 Å². The summed E-state index contributed by atoms with van der Waals surface area (Å²) in [6.45, 7) is 2.76. The van der Waals surface area contributed by atoms with Crippen LogP contribution in [0, 0.1) is 0 Å². The molecule has 1 amide bonds. The van der Waals surface area contributed by atoms with Crippen molar-refractivity contribution in [2.45, 2.75) is 19.4 Å². The van der Waals surface area contributed by atoms with Crippen molar-refractivity contribution in [3.63, 3.8) is 0 Å². The molecule has 1 aromatic carbocycles. The van der Waals surface area contributed by atoms with Crippen LogP contribution in [0.25, 0.3) is 0 Å². The minimum atomic E-state index is -0.157. The zero-order valence-electron chi connectivity index (χ0n) is 11.2. The number of hydrogen-bond donors (Lipinski definition) is 3. The van der Waals surface area contributed by atoms with Gasteiger partial charge in [-0.1, -0.05) is 0 Å². The lowest BCUT2D eigenvalue weighted by molar-refractivity contribution is -0.118. The molecule has 104 valence electrons. The number of amides is 1. The Morgan fingerprint density at radius 2 is 2.37 bits per heavy atom. The van der Waals surface area contributed by atoms with Crippen molar-refractivity contribution >= 4 is 23.0 Å². The standard InChI is InChI=1S/C13H19N3O3/c1-8(3-4-18-2)15-10-6-11-12(5-9(10)14)19-7-13(17)16-11/h5-6,8,15H,3-4,7,14H2,1-2H3,(H,16,17). The number of nitrogens with one attached hydrogen (secondary N) is 2. The minimum Gasteiger partial charge on any atom is -0.482 e. The summed E-state index contributed by atoms with van der Waals surface area (Å²) in [7, 11) is 1.67. The van der Waals surface area contributed by atoms with Crippen LogP contribution in [0.2, 0.25) is 0 Å². The predicted octanol–water partition coefficient (Wildman–Crippen LogP) is 1.44. The van der Waals surface area contributed by atoms with Crippen LogP contribution >= 0.6 is 0 Å². The third-order valence-corrected chi connectivity index (χ3v) is 2.94. The Labute approximate surface area is 112 Å². The molecular weight excluding hydrogens is 246 g/mol. The fourth-order valence-electron chi connectivity index (χ4n) is 1.90. The van der Waals surface area contributed by atoms with Gasteiger partial charge in [0, 0.05) is 25.8 Å². The van der Waals surface area contributed by atoms with Gasteiger partial charge in [0.1, 0.15) is 5.75 Å². The van der Waals surface area contributed by atoms with E-state index in [-0.39, 0.29) is 18.6 Å². The Bertz CT molecular complexity index is 476. The number of carbonyl (C=O) groups is 1. The smallest absolute Gasteiger partial charge is 0.262 e. The van der Waals surface area contributed by atoms with Gasteiger partial charge in [-0.15, -0.1) is 0 Å². The number of hydrogen-bond acceptors (Lipinski definition) is 5. The molecule has 2 rings (SSSR count). The number of benzene rings is 1. The van der Waals surface area contributed by atoms with Gasteiger partial charge in [0.15, 0.2) is 6.61 Å². The molecule has 1 aromatic rings. The van der Waals surface area contributed by atoms with Gasteiger partial charge in [0.2, 0.25) is 0 Å². The van der Waals surface area contributed by atoms with Gasteiger partial charge in [-0.05, 0) is 19.4 Å². The molecule has 0 radical (unpaired) electrons. The molecule has 6 heteroatoms. The second kappa shape index (κ2) is 5.79. The summed E-state index contributed by atoms with van der Waals surface area (Å²) < 4.78 is 10.3. The van der Waals surface area contributed by atoms with E-state index < -0.39 is 0 Å². The Morgan fingerprint density at radius 1 is 1.58 bits per heavy atom. The maximum absolute atomic E-state index is 11.3. The summed E-state index contributed by atoms with van der Waals surface area (Å²) in [6.07, 6.45) is 0.871. The lowest BCUT2D eigenvalue weighted by Crippen LogP contribution is -2.26. The molecule has 19 heavy (non-hydrogen) atoms. The first-order valence-corrected chi connectivity index (χ1v) is 6.22. The first kappa shape index (κ1) is 13.5. The topological polar surface area (TPSA) is 85.6 Å². The summed E-state index contributed by atoms with van der Waals surface area (Å²) in [5, 5.41) is 6.06. The van der Waals surface area contributed by atoms with Crippen molar-refractivity contribution in [3.05, 3.63) is 12.1 Å². The summed E-state index contributed by atoms with van der Waals surface area (Å²) in [5.41, 5.74) is 8.00. The molecule has 6 nitrogen and oxygen atoms in total. The quantitative estimate of drug-likeness (QED) is 0.701. The summed E-state index contributed by atoms with van der Waals surface area (Å²) in [4.78, 5) is 11.3. The third-order valence-electron chi connectivity index (χ3n) is 2.94. The van der Waals surface area contributed by atoms with Gasteiger partial charge < -0.3 is 25.8 Å². The lowest BCUT2D eigenvalue weighted by Gasteiger charge is -2.22. The number of fused-ring (bicyclic) bond motifs is 1. The van der Waals surface area contributed by atoms with Crippen LogP contribution in [-0.4, -0.2) is 32.3 Å². The Hall–Kier alpha value is -1.95. The molecule has 1 aliphatic heterocycles. The van der Waals surface area contributed by atoms with E-state index in [1.165, 1.54) is 0 Å². The number of nitrogen functional groups attached to an aromatic ring is 1. The van der Waals surface area contributed by atoms with E-state index >= 15 is 0 Å². The molecule has 1 atom stereocenters. The Balaban J connectivity index is 2.12. The molecule has 1 aliphatic rings. The van der Waals surface area contributed by atoms with Crippen molar-refractivity contribution in [1.82, 2.24) is 0 Å². The molecular formula is C13H19N3O3. The molecule has 4 N–H and O–H groups in total. The molecule has 0 spiro atoms. The Morgan fingerprint density at radius 3 is 3.11 bits per heavy atom. The summed E-state index contributed by atoms with van der Waals surface area (Å²) in [5.74, 6) is 0.447. The molecule has 0 saturated carbocycles. The Kier molecular flexibility index (Phi) is 4.11. The van der Waals surface area contributed by atoms with Crippen LogP contribution in [0.4, 0.5) is 17.1 Å². The maximum atomic E-state index is 11.3. The molecule has 0 aromatic heterocycles. The van der Waals surface area contributed by atoms with E-state index in [0.29, 0.717) is 23.7 Å². The van der Waals surface area contributed by atoms with Crippen molar-refractivity contribution in [2.24, 2.45) is 0 Å². The average molecular weight is 265 g/mol. The van der Waals surface area contributed by atoms with Crippen molar-refractivity contribution < 1.29 is 14.3 Å². The van der Waals surface area contributed by atoms with E-state index in [2.05, 4.69) is 10.6 Å². The molecule has 0 aliphatic carbocycles.